The monoisotopic (exact) mass is 338 g/mol. The van der Waals surface area contributed by atoms with Gasteiger partial charge in [0, 0.05) is 24.8 Å². The summed E-state index contributed by atoms with van der Waals surface area (Å²) in [5, 5.41) is 5.50. The van der Waals surface area contributed by atoms with Crippen molar-refractivity contribution < 1.29 is 18.0 Å². The van der Waals surface area contributed by atoms with E-state index in [2.05, 4.69) is 20.6 Å². The van der Waals surface area contributed by atoms with E-state index in [1.807, 2.05) is 6.92 Å². The third-order valence-corrected chi connectivity index (χ3v) is 3.11. The van der Waals surface area contributed by atoms with Gasteiger partial charge in [-0.2, -0.15) is 13.2 Å². The first-order chi connectivity index (χ1) is 11.4. The Hall–Kier alpha value is -2.64. The van der Waals surface area contributed by atoms with Crippen molar-refractivity contribution in [3.05, 3.63) is 47.8 Å². The lowest BCUT2D eigenvalue weighted by Gasteiger charge is -2.09. The van der Waals surface area contributed by atoms with Crippen molar-refractivity contribution in [1.29, 1.82) is 0 Å². The molecule has 0 atom stereocenters. The van der Waals surface area contributed by atoms with Gasteiger partial charge in [-0.05, 0) is 30.2 Å². The van der Waals surface area contributed by atoms with Gasteiger partial charge in [-0.3, -0.25) is 4.79 Å². The molecule has 5 nitrogen and oxygen atoms in total. The van der Waals surface area contributed by atoms with E-state index in [9.17, 15) is 18.0 Å². The second-order valence-corrected chi connectivity index (χ2v) is 5.11. The molecular formula is C16H17F3N4O. The number of hydrogen-bond donors (Lipinski definition) is 2. The number of halogens is 3. The number of carbonyl (C=O) groups excluding carboxylic acids is 1. The highest BCUT2D eigenvalue weighted by molar-refractivity contribution is 5.90. The lowest BCUT2D eigenvalue weighted by atomic mass is 10.2. The van der Waals surface area contributed by atoms with Gasteiger partial charge in [-0.1, -0.05) is 19.1 Å². The smallest absolute Gasteiger partial charge is 0.350 e. The summed E-state index contributed by atoms with van der Waals surface area (Å²) in [7, 11) is 0. The number of anilines is 2. The minimum absolute atomic E-state index is 0.0549. The molecule has 0 unspecified atom stereocenters. The largest absolute Gasteiger partial charge is 0.433 e. The van der Waals surface area contributed by atoms with Crippen LogP contribution in [0.1, 0.15) is 31.0 Å². The van der Waals surface area contributed by atoms with Gasteiger partial charge in [0.05, 0.1) is 0 Å². The second kappa shape index (κ2) is 7.76. The Morgan fingerprint density at radius 3 is 2.50 bits per heavy atom. The molecule has 0 fully saturated rings. The third-order valence-electron chi connectivity index (χ3n) is 3.11. The Kier molecular flexibility index (Phi) is 5.73. The maximum absolute atomic E-state index is 12.6. The molecule has 0 spiro atoms. The average Bonchev–Trinajstić information content (AvgIpc) is 2.54. The Balaban J connectivity index is 1.94. The summed E-state index contributed by atoms with van der Waals surface area (Å²) < 4.78 is 37.7. The van der Waals surface area contributed by atoms with Crippen LogP contribution in [0, 0.1) is 0 Å². The minimum atomic E-state index is -4.50. The van der Waals surface area contributed by atoms with E-state index in [1.54, 1.807) is 24.3 Å². The number of amides is 1. The van der Waals surface area contributed by atoms with Gasteiger partial charge < -0.3 is 10.6 Å². The molecule has 0 aliphatic rings. The van der Waals surface area contributed by atoms with E-state index in [0.29, 0.717) is 12.1 Å². The van der Waals surface area contributed by atoms with Crippen LogP contribution in [-0.4, -0.2) is 15.9 Å². The lowest BCUT2D eigenvalue weighted by molar-refractivity contribution is -0.141. The molecule has 2 aromatic rings. The molecule has 1 aromatic carbocycles. The molecule has 1 aromatic heterocycles. The highest BCUT2D eigenvalue weighted by Crippen LogP contribution is 2.27. The van der Waals surface area contributed by atoms with Crippen molar-refractivity contribution in [3.8, 4) is 0 Å². The number of alkyl halides is 3. The second-order valence-electron chi connectivity index (χ2n) is 5.11. The van der Waals surface area contributed by atoms with Crippen LogP contribution in [0.15, 0.2) is 36.5 Å². The molecule has 0 radical (unpaired) electrons. The average molecular weight is 338 g/mol. The summed E-state index contributed by atoms with van der Waals surface area (Å²) in [6, 6.07) is 7.82. The molecule has 0 bridgehead atoms. The van der Waals surface area contributed by atoms with Crippen LogP contribution in [-0.2, 0) is 17.5 Å². The van der Waals surface area contributed by atoms with Crippen LogP contribution in [0.4, 0.5) is 24.8 Å². The molecule has 2 N–H and O–H groups in total. The van der Waals surface area contributed by atoms with Gasteiger partial charge in [0.2, 0.25) is 11.9 Å². The van der Waals surface area contributed by atoms with Gasteiger partial charge in [-0.25, -0.2) is 9.97 Å². The Bertz CT molecular complexity index is 686. The van der Waals surface area contributed by atoms with Crippen LogP contribution in [0.25, 0.3) is 0 Å². The van der Waals surface area contributed by atoms with Crippen LogP contribution in [0.5, 0.6) is 0 Å². The number of nitrogens with zero attached hydrogens (tertiary/aromatic N) is 2. The first-order valence-electron chi connectivity index (χ1n) is 7.41. The number of rotatable bonds is 6. The van der Waals surface area contributed by atoms with Gasteiger partial charge in [0.15, 0.2) is 0 Å². The van der Waals surface area contributed by atoms with E-state index in [1.165, 1.54) is 0 Å². The standard InChI is InChI=1S/C16H17F3N4O/c1-2-3-14(24)22-12-6-4-11(5-7-12)10-21-15-20-9-8-13(23-15)16(17,18)19/h4-9H,2-3,10H2,1H3,(H,22,24)(H,20,21,23). The fraction of sp³-hybridized carbons (Fsp3) is 0.312. The van der Waals surface area contributed by atoms with E-state index in [-0.39, 0.29) is 18.4 Å². The van der Waals surface area contributed by atoms with Crippen LogP contribution in [0.3, 0.4) is 0 Å². The van der Waals surface area contributed by atoms with Crippen molar-refractivity contribution in [2.45, 2.75) is 32.5 Å². The number of aromatic nitrogens is 2. The van der Waals surface area contributed by atoms with Crippen molar-refractivity contribution in [3.63, 3.8) is 0 Å². The van der Waals surface area contributed by atoms with E-state index in [4.69, 9.17) is 0 Å². The summed E-state index contributed by atoms with van der Waals surface area (Å²) in [5.74, 6) is -0.147. The van der Waals surface area contributed by atoms with Gasteiger partial charge in [0.25, 0.3) is 0 Å². The molecule has 0 saturated carbocycles. The van der Waals surface area contributed by atoms with E-state index < -0.39 is 11.9 Å². The molecule has 0 aliphatic heterocycles. The summed E-state index contributed by atoms with van der Waals surface area (Å²) in [5.41, 5.74) is 0.506. The minimum Gasteiger partial charge on any atom is -0.350 e. The van der Waals surface area contributed by atoms with Gasteiger partial charge in [-0.15, -0.1) is 0 Å². The summed E-state index contributed by atoms with van der Waals surface area (Å²) >= 11 is 0. The topological polar surface area (TPSA) is 66.9 Å². The zero-order valence-corrected chi connectivity index (χ0v) is 13.0. The quantitative estimate of drug-likeness (QED) is 0.840. The zero-order valence-electron chi connectivity index (χ0n) is 13.0. The summed E-state index contributed by atoms with van der Waals surface area (Å²) in [4.78, 5) is 18.7. The maximum atomic E-state index is 12.6. The SMILES string of the molecule is CCCC(=O)Nc1ccc(CNc2nccc(C(F)(F)F)n2)cc1. The number of carbonyl (C=O) groups is 1. The van der Waals surface area contributed by atoms with Crippen molar-refractivity contribution in [2.24, 2.45) is 0 Å². The van der Waals surface area contributed by atoms with Crippen LogP contribution >= 0.6 is 0 Å². The maximum Gasteiger partial charge on any atom is 0.433 e. The first-order valence-corrected chi connectivity index (χ1v) is 7.41. The van der Waals surface area contributed by atoms with Gasteiger partial charge in [0.1, 0.15) is 5.69 Å². The third kappa shape index (κ3) is 5.22. The zero-order chi connectivity index (χ0) is 17.6. The molecule has 128 valence electrons. The lowest BCUT2D eigenvalue weighted by Crippen LogP contribution is -2.12. The fourth-order valence-corrected chi connectivity index (χ4v) is 1.94. The molecule has 1 amide bonds. The normalized spacial score (nSPS) is 11.2. The number of benzene rings is 1. The molecule has 1 heterocycles. The Morgan fingerprint density at radius 2 is 1.88 bits per heavy atom. The van der Waals surface area contributed by atoms with E-state index >= 15 is 0 Å². The summed E-state index contributed by atoms with van der Waals surface area (Å²) in [6.07, 6.45) is -2.22. The van der Waals surface area contributed by atoms with Gasteiger partial charge >= 0.3 is 6.18 Å². The molecule has 2 rings (SSSR count). The molecule has 8 heteroatoms. The number of hydrogen-bond acceptors (Lipinski definition) is 4. The summed E-state index contributed by atoms with van der Waals surface area (Å²) in [6.45, 7) is 2.19. The molecule has 24 heavy (non-hydrogen) atoms. The highest BCUT2D eigenvalue weighted by Gasteiger charge is 2.32. The Morgan fingerprint density at radius 1 is 1.17 bits per heavy atom. The van der Waals surface area contributed by atoms with E-state index in [0.717, 1.165) is 24.2 Å². The molecule has 0 saturated heterocycles. The first kappa shape index (κ1) is 17.7. The van der Waals surface area contributed by atoms with Crippen molar-refractivity contribution in [1.82, 2.24) is 9.97 Å². The highest BCUT2D eigenvalue weighted by atomic mass is 19.4. The predicted molar refractivity (Wildman–Crippen MR) is 84.3 cm³/mol. The molecule has 0 aliphatic carbocycles. The number of nitrogens with one attached hydrogen (secondary N) is 2. The fourth-order valence-electron chi connectivity index (χ4n) is 1.94. The van der Waals surface area contributed by atoms with Crippen LogP contribution < -0.4 is 10.6 Å². The predicted octanol–water partition coefficient (Wildman–Crippen LogP) is 3.85. The van der Waals surface area contributed by atoms with Crippen molar-refractivity contribution >= 4 is 17.5 Å². The van der Waals surface area contributed by atoms with Crippen molar-refractivity contribution in [2.75, 3.05) is 10.6 Å². The van der Waals surface area contributed by atoms with Crippen LogP contribution in [0.2, 0.25) is 0 Å². The molecular weight excluding hydrogens is 321 g/mol. The Labute approximate surface area is 137 Å².